The third-order valence-corrected chi connectivity index (χ3v) is 3.19. The number of nitrogens with zero attached hydrogens (tertiary/aromatic N) is 1. The van der Waals surface area contributed by atoms with Crippen LogP contribution in [0.15, 0.2) is 36.4 Å². The van der Waals surface area contributed by atoms with E-state index in [1.165, 1.54) is 7.11 Å². The van der Waals surface area contributed by atoms with Gasteiger partial charge in [0, 0.05) is 11.1 Å². The van der Waals surface area contributed by atoms with Crippen LogP contribution in [0.25, 0.3) is 0 Å². The molecule has 0 heterocycles. The number of hydrogen-bond acceptors (Lipinski definition) is 3. The zero-order chi connectivity index (χ0) is 14.5. The van der Waals surface area contributed by atoms with Crippen LogP contribution in [-0.4, -0.2) is 7.11 Å². The summed E-state index contributed by atoms with van der Waals surface area (Å²) >= 11 is 11.9. The van der Waals surface area contributed by atoms with Gasteiger partial charge in [-0.2, -0.15) is 5.26 Å². The normalized spacial score (nSPS) is 9.90. The van der Waals surface area contributed by atoms with Crippen LogP contribution < -0.4 is 9.47 Å². The molecule has 0 fully saturated rings. The summed E-state index contributed by atoms with van der Waals surface area (Å²) in [5.74, 6) is 0.853. The lowest BCUT2D eigenvalue weighted by atomic mass is 10.2. The van der Waals surface area contributed by atoms with E-state index in [1.807, 2.05) is 18.2 Å². The Morgan fingerprint density at radius 1 is 1.15 bits per heavy atom. The Bertz CT molecular complexity index is 648. The fourth-order valence-electron chi connectivity index (χ4n) is 1.66. The lowest BCUT2D eigenvalue weighted by Crippen LogP contribution is -1.99. The minimum atomic E-state index is 0.332. The molecule has 20 heavy (non-hydrogen) atoms. The maximum Gasteiger partial charge on any atom is 0.180 e. The Balaban J connectivity index is 2.21. The summed E-state index contributed by atoms with van der Waals surface area (Å²) in [5, 5.41) is 9.90. The van der Waals surface area contributed by atoms with E-state index in [9.17, 15) is 0 Å². The summed E-state index contributed by atoms with van der Waals surface area (Å²) < 4.78 is 10.9. The van der Waals surface area contributed by atoms with Gasteiger partial charge in [-0.05, 0) is 23.8 Å². The molecule has 5 heteroatoms. The number of ether oxygens (including phenoxy) is 2. The highest BCUT2D eigenvalue weighted by Crippen LogP contribution is 2.36. The zero-order valence-electron chi connectivity index (χ0n) is 10.7. The number of nitriles is 1. The van der Waals surface area contributed by atoms with Crippen molar-refractivity contribution in [1.82, 2.24) is 0 Å². The molecular weight excluding hydrogens is 297 g/mol. The van der Waals surface area contributed by atoms with Crippen molar-refractivity contribution >= 4 is 23.2 Å². The molecule has 0 amide bonds. The highest BCUT2D eigenvalue weighted by Gasteiger charge is 2.12. The van der Waals surface area contributed by atoms with Crippen molar-refractivity contribution in [3.63, 3.8) is 0 Å². The smallest absolute Gasteiger partial charge is 0.180 e. The molecule has 0 N–H and O–H groups in total. The Morgan fingerprint density at radius 2 is 1.85 bits per heavy atom. The number of rotatable bonds is 4. The Kier molecular flexibility index (Phi) is 4.73. The second-order valence-electron chi connectivity index (χ2n) is 4.02. The largest absolute Gasteiger partial charge is 0.493 e. The molecule has 102 valence electrons. The fraction of sp³-hybridized carbons (Fsp3) is 0.133. The van der Waals surface area contributed by atoms with Gasteiger partial charge in [0.1, 0.15) is 6.61 Å². The molecule has 0 aliphatic rings. The second-order valence-corrected chi connectivity index (χ2v) is 4.86. The molecular formula is C15H11Cl2NO2. The minimum absolute atomic E-state index is 0.332. The predicted molar refractivity (Wildman–Crippen MR) is 78.5 cm³/mol. The first-order valence-corrected chi connectivity index (χ1v) is 6.54. The first kappa shape index (κ1) is 14.5. The molecule has 0 aliphatic heterocycles. The fourth-order valence-corrected chi connectivity index (χ4v) is 2.05. The molecule has 0 aromatic heterocycles. The minimum Gasteiger partial charge on any atom is -0.493 e. The number of halogens is 2. The summed E-state index contributed by atoms with van der Waals surface area (Å²) in [6, 6.07) is 12.5. The van der Waals surface area contributed by atoms with Gasteiger partial charge < -0.3 is 9.47 Å². The van der Waals surface area contributed by atoms with E-state index in [0.717, 1.165) is 5.56 Å². The lowest BCUT2D eigenvalue weighted by Gasteiger charge is -2.12. The van der Waals surface area contributed by atoms with Gasteiger partial charge in [-0.25, -0.2) is 0 Å². The quantitative estimate of drug-likeness (QED) is 0.838. The average Bonchev–Trinajstić information content (AvgIpc) is 2.47. The molecule has 0 saturated carbocycles. The third-order valence-electron chi connectivity index (χ3n) is 2.65. The van der Waals surface area contributed by atoms with Crippen LogP contribution in [0.1, 0.15) is 11.1 Å². The summed E-state index contributed by atoms with van der Waals surface area (Å²) in [4.78, 5) is 0. The topological polar surface area (TPSA) is 42.2 Å². The zero-order valence-corrected chi connectivity index (χ0v) is 12.2. The Labute approximate surface area is 127 Å². The van der Waals surface area contributed by atoms with Gasteiger partial charge in [-0.1, -0.05) is 35.3 Å². The molecule has 0 radical (unpaired) electrons. The monoisotopic (exact) mass is 307 g/mol. The van der Waals surface area contributed by atoms with Crippen molar-refractivity contribution in [2.45, 2.75) is 6.61 Å². The third kappa shape index (κ3) is 3.36. The van der Waals surface area contributed by atoms with Gasteiger partial charge in [0.25, 0.3) is 0 Å². The van der Waals surface area contributed by atoms with Crippen LogP contribution in [0.5, 0.6) is 11.5 Å². The van der Waals surface area contributed by atoms with Gasteiger partial charge in [-0.15, -0.1) is 0 Å². The summed E-state index contributed by atoms with van der Waals surface area (Å²) in [5.41, 5.74) is 1.38. The van der Waals surface area contributed by atoms with Gasteiger partial charge >= 0.3 is 0 Å². The van der Waals surface area contributed by atoms with E-state index >= 15 is 0 Å². The number of methoxy groups -OCH3 is 1. The molecule has 2 aromatic carbocycles. The molecule has 0 spiro atoms. The molecule has 2 aromatic rings. The highest BCUT2D eigenvalue weighted by molar-refractivity contribution is 6.32. The number of hydrogen-bond donors (Lipinski definition) is 0. The molecule has 3 nitrogen and oxygen atoms in total. The van der Waals surface area contributed by atoms with Crippen LogP contribution in [-0.2, 0) is 6.61 Å². The molecule has 0 unspecified atom stereocenters. The Morgan fingerprint density at radius 3 is 2.45 bits per heavy atom. The predicted octanol–water partition coefficient (Wildman–Crippen LogP) is 4.45. The van der Waals surface area contributed by atoms with Crippen molar-refractivity contribution in [2.75, 3.05) is 7.11 Å². The molecule has 2 rings (SSSR count). The van der Waals surface area contributed by atoms with Crippen molar-refractivity contribution in [3.05, 3.63) is 57.6 Å². The van der Waals surface area contributed by atoms with E-state index in [2.05, 4.69) is 0 Å². The summed E-state index contributed by atoms with van der Waals surface area (Å²) in [7, 11) is 1.50. The summed E-state index contributed by atoms with van der Waals surface area (Å²) in [6.45, 7) is 0.332. The maximum absolute atomic E-state index is 8.89. The first-order chi connectivity index (χ1) is 9.63. The van der Waals surface area contributed by atoms with E-state index in [4.69, 9.17) is 37.9 Å². The molecule has 0 bridgehead atoms. The summed E-state index contributed by atoms with van der Waals surface area (Å²) in [6.07, 6.45) is 0. The maximum atomic E-state index is 8.89. The molecule has 0 aliphatic carbocycles. The van der Waals surface area contributed by atoms with Crippen LogP contribution in [0.2, 0.25) is 10.0 Å². The van der Waals surface area contributed by atoms with E-state index < -0.39 is 0 Å². The van der Waals surface area contributed by atoms with Crippen molar-refractivity contribution in [1.29, 1.82) is 5.26 Å². The van der Waals surface area contributed by atoms with Crippen LogP contribution in [0, 0.1) is 11.3 Å². The van der Waals surface area contributed by atoms with Gasteiger partial charge in [-0.3, -0.25) is 0 Å². The SMILES string of the molecule is COc1cc(C#N)cc(Cl)c1OCc1ccc(Cl)cc1. The molecule has 0 atom stereocenters. The van der Waals surface area contributed by atoms with Crippen molar-refractivity contribution in [2.24, 2.45) is 0 Å². The lowest BCUT2D eigenvalue weighted by molar-refractivity contribution is 0.284. The van der Waals surface area contributed by atoms with Crippen molar-refractivity contribution < 1.29 is 9.47 Å². The van der Waals surface area contributed by atoms with E-state index in [1.54, 1.807) is 24.3 Å². The van der Waals surface area contributed by atoms with Gasteiger partial charge in [0.15, 0.2) is 11.5 Å². The van der Waals surface area contributed by atoms with E-state index in [0.29, 0.717) is 33.7 Å². The average molecular weight is 308 g/mol. The van der Waals surface area contributed by atoms with E-state index in [-0.39, 0.29) is 0 Å². The number of benzene rings is 2. The van der Waals surface area contributed by atoms with Crippen molar-refractivity contribution in [3.8, 4) is 17.6 Å². The van der Waals surface area contributed by atoms with Crippen LogP contribution >= 0.6 is 23.2 Å². The van der Waals surface area contributed by atoms with Gasteiger partial charge in [0.05, 0.1) is 23.8 Å². The standard InChI is InChI=1S/C15H11Cl2NO2/c1-19-14-7-11(8-18)6-13(17)15(14)20-9-10-2-4-12(16)5-3-10/h2-7H,9H2,1H3. The first-order valence-electron chi connectivity index (χ1n) is 5.79. The second kappa shape index (κ2) is 6.51. The Hall–Kier alpha value is -1.89. The van der Waals surface area contributed by atoms with Crippen LogP contribution in [0.4, 0.5) is 0 Å². The van der Waals surface area contributed by atoms with Crippen LogP contribution in [0.3, 0.4) is 0 Å². The highest BCUT2D eigenvalue weighted by atomic mass is 35.5. The molecule has 0 saturated heterocycles. The van der Waals surface area contributed by atoms with Gasteiger partial charge in [0.2, 0.25) is 0 Å².